The Morgan fingerprint density at radius 2 is 1.78 bits per heavy atom. The molecular formula is C16H13ClN2O3S. The van der Waals surface area contributed by atoms with Crippen molar-refractivity contribution in [2.45, 2.75) is 0 Å². The summed E-state index contributed by atoms with van der Waals surface area (Å²) in [5.74, 6) is -0.999. The Kier molecular flexibility index (Phi) is 3.66. The van der Waals surface area contributed by atoms with Gasteiger partial charge in [0, 0.05) is 23.2 Å². The number of nitrogens with zero attached hydrogens (tertiary/aromatic N) is 1. The van der Waals surface area contributed by atoms with Gasteiger partial charge in [0.1, 0.15) is 0 Å². The SMILES string of the molecule is CN1c2ccc(Cl)cc2C(c2ccccc2)=C(C(N)=O)S1(=O)=O. The average molecular weight is 349 g/mol. The molecule has 1 heterocycles. The third-order valence-corrected chi connectivity index (χ3v) is 5.77. The lowest BCUT2D eigenvalue weighted by Gasteiger charge is -2.30. The highest BCUT2D eigenvalue weighted by molar-refractivity contribution is 7.97. The van der Waals surface area contributed by atoms with Gasteiger partial charge < -0.3 is 5.73 Å². The summed E-state index contributed by atoms with van der Waals surface area (Å²) in [4.78, 5) is 11.5. The first-order chi connectivity index (χ1) is 10.8. The summed E-state index contributed by atoms with van der Waals surface area (Å²) >= 11 is 6.07. The summed E-state index contributed by atoms with van der Waals surface area (Å²) in [7, 11) is -2.65. The van der Waals surface area contributed by atoms with Crippen LogP contribution in [0, 0.1) is 0 Å². The molecule has 0 radical (unpaired) electrons. The normalized spacial score (nSPS) is 16.2. The molecule has 0 atom stereocenters. The van der Waals surface area contributed by atoms with Crippen LogP contribution in [0.25, 0.3) is 5.57 Å². The number of sulfonamides is 1. The minimum Gasteiger partial charge on any atom is -0.365 e. The molecule has 0 fully saturated rings. The minimum atomic E-state index is -4.03. The number of primary amides is 1. The number of nitrogens with two attached hydrogens (primary N) is 1. The highest BCUT2D eigenvalue weighted by Gasteiger charge is 2.38. The van der Waals surface area contributed by atoms with Gasteiger partial charge in [-0.15, -0.1) is 0 Å². The molecule has 23 heavy (non-hydrogen) atoms. The lowest BCUT2D eigenvalue weighted by molar-refractivity contribution is -0.113. The van der Waals surface area contributed by atoms with Crippen molar-refractivity contribution in [1.29, 1.82) is 0 Å². The van der Waals surface area contributed by atoms with Crippen molar-refractivity contribution in [2.24, 2.45) is 5.73 Å². The van der Waals surface area contributed by atoms with Gasteiger partial charge in [-0.25, -0.2) is 8.42 Å². The van der Waals surface area contributed by atoms with Crippen molar-refractivity contribution >= 4 is 38.8 Å². The minimum absolute atomic E-state index is 0.272. The molecule has 118 valence electrons. The molecule has 1 amide bonds. The van der Waals surface area contributed by atoms with E-state index in [-0.39, 0.29) is 5.57 Å². The van der Waals surface area contributed by atoms with Crippen molar-refractivity contribution < 1.29 is 13.2 Å². The first-order valence-corrected chi connectivity index (χ1v) is 8.54. The van der Waals surface area contributed by atoms with E-state index in [0.29, 0.717) is 21.8 Å². The third-order valence-electron chi connectivity index (χ3n) is 3.70. The topological polar surface area (TPSA) is 80.5 Å². The molecule has 2 aromatic carbocycles. The summed E-state index contributed by atoms with van der Waals surface area (Å²) in [6.45, 7) is 0. The van der Waals surface area contributed by atoms with E-state index in [9.17, 15) is 13.2 Å². The van der Waals surface area contributed by atoms with Gasteiger partial charge in [-0.05, 0) is 23.8 Å². The molecule has 0 aromatic heterocycles. The van der Waals surface area contributed by atoms with Gasteiger partial charge in [0.2, 0.25) is 0 Å². The molecule has 0 spiro atoms. The summed E-state index contributed by atoms with van der Waals surface area (Å²) in [6, 6.07) is 13.6. The van der Waals surface area contributed by atoms with Crippen LogP contribution in [0.1, 0.15) is 11.1 Å². The van der Waals surface area contributed by atoms with Crippen LogP contribution in [0.5, 0.6) is 0 Å². The van der Waals surface area contributed by atoms with Crippen LogP contribution in [-0.4, -0.2) is 21.4 Å². The average Bonchev–Trinajstić information content (AvgIpc) is 2.51. The van der Waals surface area contributed by atoms with Crippen LogP contribution in [0.2, 0.25) is 5.02 Å². The van der Waals surface area contributed by atoms with Crippen molar-refractivity contribution in [1.82, 2.24) is 0 Å². The fourth-order valence-corrected chi connectivity index (χ4v) is 4.25. The van der Waals surface area contributed by atoms with Gasteiger partial charge in [-0.3, -0.25) is 9.10 Å². The number of benzene rings is 2. The largest absolute Gasteiger partial charge is 0.365 e. The van der Waals surface area contributed by atoms with E-state index < -0.39 is 20.8 Å². The zero-order chi connectivity index (χ0) is 16.8. The maximum Gasteiger partial charge on any atom is 0.270 e. The Hall–Kier alpha value is -2.31. The molecule has 2 aromatic rings. The number of amides is 1. The van der Waals surface area contributed by atoms with Crippen LogP contribution in [0.3, 0.4) is 0 Å². The van der Waals surface area contributed by atoms with Crippen molar-refractivity contribution in [3.8, 4) is 0 Å². The van der Waals surface area contributed by atoms with E-state index in [1.54, 1.807) is 48.5 Å². The molecule has 0 saturated carbocycles. The van der Waals surface area contributed by atoms with Gasteiger partial charge in [-0.1, -0.05) is 41.9 Å². The standard InChI is InChI=1S/C16H13ClN2O3S/c1-19-13-8-7-11(17)9-12(13)14(10-5-3-2-4-6-10)15(16(18)20)23(19,21)22/h2-9H,1H3,(H2,18,20). The lowest BCUT2D eigenvalue weighted by atomic mass is 9.95. The second-order valence-corrected chi connectivity index (χ2v) is 7.41. The molecule has 0 saturated heterocycles. The van der Waals surface area contributed by atoms with E-state index in [0.717, 1.165) is 4.31 Å². The summed E-state index contributed by atoms with van der Waals surface area (Å²) in [6.07, 6.45) is 0. The van der Waals surface area contributed by atoms with Crippen LogP contribution in [-0.2, 0) is 14.8 Å². The van der Waals surface area contributed by atoms with Crippen LogP contribution >= 0.6 is 11.6 Å². The van der Waals surface area contributed by atoms with Gasteiger partial charge in [-0.2, -0.15) is 0 Å². The second-order valence-electron chi connectivity index (χ2n) is 5.07. The number of hydrogen-bond acceptors (Lipinski definition) is 3. The highest BCUT2D eigenvalue weighted by Crippen LogP contribution is 2.42. The molecule has 3 rings (SSSR count). The molecule has 5 nitrogen and oxygen atoms in total. The first-order valence-electron chi connectivity index (χ1n) is 6.72. The van der Waals surface area contributed by atoms with E-state index in [4.69, 9.17) is 17.3 Å². The van der Waals surface area contributed by atoms with Gasteiger partial charge in [0.15, 0.2) is 4.91 Å². The number of rotatable bonds is 2. The van der Waals surface area contributed by atoms with Gasteiger partial charge in [0.05, 0.1) is 5.69 Å². The maximum atomic E-state index is 12.7. The number of carbonyl (C=O) groups excluding carboxylic acids is 1. The predicted molar refractivity (Wildman–Crippen MR) is 90.4 cm³/mol. The van der Waals surface area contributed by atoms with Crippen LogP contribution in [0.4, 0.5) is 5.69 Å². The Morgan fingerprint density at radius 3 is 2.39 bits per heavy atom. The Morgan fingerprint density at radius 1 is 1.13 bits per heavy atom. The number of halogens is 1. The summed E-state index contributed by atoms with van der Waals surface area (Å²) in [5.41, 5.74) is 7.24. The van der Waals surface area contributed by atoms with Crippen molar-refractivity contribution in [3.05, 3.63) is 69.6 Å². The Labute approximate surface area is 139 Å². The van der Waals surface area contributed by atoms with Crippen molar-refractivity contribution in [2.75, 3.05) is 11.4 Å². The summed E-state index contributed by atoms with van der Waals surface area (Å²) < 4.78 is 26.5. The van der Waals surface area contributed by atoms with Gasteiger partial charge >= 0.3 is 0 Å². The summed E-state index contributed by atoms with van der Waals surface area (Å²) in [5, 5.41) is 0.439. The smallest absolute Gasteiger partial charge is 0.270 e. The zero-order valence-electron chi connectivity index (χ0n) is 12.2. The molecule has 0 unspecified atom stereocenters. The van der Waals surface area contributed by atoms with E-state index >= 15 is 0 Å². The van der Waals surface area contributed by atoms with Crippen molar-refractivity contribution in [3.63, 3.8) is 0 Å². The number of hydrogen-bond donors (Lipinski definition) is 1. The van der Waals surface area contributed by atoms with Crippen LogP contribution < -0.4 is 10.0 Å². The fraction of sp³-hybridized carbons (Fsp3) is 0.0625. The first kappa shape index (κ1) is 15.6. The maximum absolute atomic E-state index is 12.7. The predicted octanol–water partition coefficient (Wildman–Crippen LogP) is 2.36. The number of fused-ring (bicyclic) bond motifs is 1. The highest BCUT2D eigenvalue weighted by atomic mass is 35.5. The fourth-order valence-electron chi connectivity index (χ4n) is 2.64. The van der Waals surface area contributed by atoms with E-state index in [1.165, 1.54) is 7.05 Å². The monoisotopic (exact) mass is 348 g/mol. The Balaban J connectivity index is 2.49. The number of carbonyl (C=O) groups is 1. The van der Waals surface area contributed by atoms with E-state index in [2.05, 4.69) is 0 Å². The quantitative estimate of drug-likeness (QED) is 0.904. The Bertz CT molecular complexity index is 937. The number of anilines is 1. The van der Waals surface area contributed by atoms with Gasteiger partial charge in [0.25, 0.3) is 15.9 Å². The molecular weight excluding hydrogens is 336 g/mol. The van der Waals surface area contributed by atoms with E-state index in [1.807, 2.05) is 0 Å². The molecule has 1 aliphatic rings. The second kappa shape index (κ2) is 5.40. The molecule has 1 aliphatic heterocycles. The molecule has 2 N–H and O–H groups in total. The lowest BCUT2D eigenvalue weighted by Crippen LogP contribution is -2.37. The molecule has 7 heteroatoms. The molecule has 0 aliphatic carbocycles. The van der Waals surface area contributed by atoms with Crippen LogP contribution in [0.15, 0.2) is 53.4 Å². The zero-order valence-corrected chi connectivity index (χ0v) is 13.7. The molecule has 0 bridgehead atoms. The third kappa shape index (κ3) is 2.40.